The third-order valence-electron chi connectivity index (χ3n) is 3.33. The van der Waals surface area contributed by atoms with E-state index in [1.807, 2.05) is 19.9 Å². The number of carbonyl (C=O) groups excluding carboxylic acids is 1. The predicted octanol–water partition coefficient (Wildman–Crippen LogP) is 0.855. The zero-order valence-electron chi connectivity index (χ0n) is 12.2. The monoisotopic (exact) mass is 289 g/mol. The van der Waals surface area contributed by atoms with E-state index in [1.165, 1.54) is 0 Å². The van der Waals surface area contributed by atoms with Crippen molar-refractivity contribution in [2.45, 2.75) is 25.9 Å². The molecule has 1 aliphatic heterocycles. The van der Waals surface area contributed by atoms with Gasteiger partial charge in [-0.25, -0.2) is 10.8 Å². The van der Waals surface area contributed by atoms with E-state index in [9.17, 15) is 4.79 Å². The van der Waals surface area contributed by atoms with Crippen LogP contribution in [0.25, 0.3) is 0 Å². The zero-order chi connectivity index (χ0) is 15.4. The highest BCUT2D eigenvalue weighted by molar-refractivity contribution is 5.95. The molecule has 1 saturated heterocycles. The number of hydrogen-bond donors (Lipinski definition) is 2. The summed E-state index contributed by atoms with van der Waals surface area (Å²) in [5.74, 6) is 5.91. The fraction of sp³-hybridized carbons (Fsp3) is 0.500. The van der Waals surface area contributed by atoms with Crippen molar-refractivity contribution in [2.24, 2.45) is 5.84 Å². The van der Waals surface area contributed by atoms with E-state index in [0.717, 1.165) is 5.69 Å². The molecular formula is C14H19N5O2. The first-order chi connectivity index (χ1) is 10.0. The summed E-state index contributed by atoms with van der Waals surface area (Å²) in [4.78, 5) is 18.5. The Kier molecular flexibility index (Phi) is 4.73. The number of nitrogens with two attached hydrogens (primary N) is 1. The normalized spacial score (nSPS) is 18.4. The molecule has 2 rings (SSSR count). The molecule has 1 unspecified atom stereocenters. The molecule has 7 heteroatoms. The highest BCUT2D eigenvalue weighted by Gasteiger charge is 2.25. The van der Waals surface area contributed by atoms with Crippen LogP contribution in [0.3, 0.4) is 0 Å². The van der Waals surface area contributed by atoms with Gasteiger partial charge in [0.2, 0.25) is 0 Å². The van der Waals surface area contributed by atoms with E-state index in [-0.39, 0.29) is 18.4 Å². The summed E-state index contributed by atoms with van der Waals surface area (Å²) in [5, 5.41) is 8.91. The molecular weight excluding hydrogens is 270 g/mol. The number of nitrogens with zero attached hydrogens (tertiary/aromatic N) is 3. The first-order valence-electron chi connectivity index (χ1n) is 6.84. The zero-order valence-corrected chi connectivity index (χ0v) is 12.2. The molecule has 1 atom stereocenters. The summed E-state index contributed by atoms with van der Waals surface area (Å²) in [7, 11) is 0. The number of anilines is 1. The minimum atomic E-state index is -0.568. The second kappa shape index (κ2) is 6.52. The molecule has 112 valence electrons. The lowest BCUT2D eigenvalue weighted by molar-refractivity contribution is 0.00346. The van der Waals surface area contributed by atoms with E-state index < -0.39 is 6.10 Å². The Morgan fingerprint density at radius 2 is 2.38 bits per heavy atom. The molecule has 0 spiro atoms. The van der Waals surface area contributed by atoms with Crippen molar-refractivity contribution in [1.82, 2.24) is 9.88 Å². The molecule has 0 radical (unpaired) electrons. The smallest absolute Gasteiger partial charge is 0.254 e. The van der Waals surface area contributed by atoms with Gasteiger partial charge < -0.3 is 15.1 Å². The largest absolute Gasteiger partial charge is 0.360 e. The maximum absolute atomic E-state index is 12.6. The van der Waals surface area contributed by atoms with Crippen LogP contribution in [0.1, 0.15) is 35.8 Å². The number of nitrogens with one attached hydrogen (secondary N) is 1. The van der Waals surface area contributed by atoms with E-state index in [1.54, 1.807) is 17.0 Å². The Hall–Kier alpha value is -2.17. The predicted molar refractivity (Wildman–Crippen MR) is 77.4 cm³/mol. The first-order valence-corrected chi connectivity index (χ1v) is 6.84. The number of nitrogen functional groups attached to an aromatic ring is 1. The van der Waals surface area contributed by atoms with Gasteiger partial charge in [-0.3, -0.25) is 4.79 Å². The molecule has 3 N–H and O–H groups in total. The number of carbonyl (C=O) groups is 1. The van der Waals surface area contributed by atoms with Crippen LogP contribution in [-0.2, 0) is 4.74 Å². The maximum Gasteiger partial charge on any atom is 0.254 e. The van der Waals surface area contributed by atoms with E-state index in [0.29, 0.717) is 24.5 Å². The lowest BCUT2D eigenvalue weighted by Crippen LogP contribution is -2.45. The number of hydrogen-bond acceptors (Lipinski definition) is 6. The lowest BCUT2D eigenvalue weighted by Gasteiger charge is -2.30. The average Bonchev–Trinajstić information content (AvgIpc) is 2.53. The van der Waals surface area contributed by atoms with Crippen molar-refractivity contribution in [3.63, 3.8) is 0 Å². The highest BCUT2D eigenvalue weighted by Crippen LogP contribution is 2.19. The van der Waals surface area contributed by atoms with Gasteiger partial charge in [0.15, 0.2) is 6.10 Å². The van der Waals surface area contributed by atoms with Gasteiger partial charge in [-0.2, -0.15) is 5.26 Å². The maximum atomic E-state index is 12.6. The Bertz CT molecular complexity index is 567. The lowest BCUT2D eigenvalue weighted by atomic mass is 10.1. The number of rotatable bonds is 3. The molecule has 0 aromatic carbocycles. The van der Waals surface area contributed by atoms with Gasteiger partial charge in [-0.1, -0.05) is 13.8 Å². The van der Waals surface area contributed by atoms with Crippen LogP contribution in [0.4, 0.5) is 5.82 Å². The molecule has 1 aliphatic rings. The van der Waals surface area contributed by atoms with Crippen LogP contribution in [0.2, 0.25) is 0 Å². The van der Waals surface area contributed by atoms with Crippen LogP contribution in [0, 0.1) is 11.3 Å². The quantitative estimate of drug-likeness (QED) is 0.631. The number of nitriles is 1. The molecule has 1 aromatic heterocycles. The molecule has 1 aromatic rings. The van der Waals surface area contributed by atoms with Crippen molar-refractivity contribution >= 4 is 11.7 Å². The van der Waals surface area contributed by atoms with Gasteiger partial charge in [0.1, 0.15) is 5.82 Å². The molecule has 0 saturated carbocycles. The number of aromatic nitrogens is 1. The van der Waals surface area contributed by atoms with E-state index in [4.69, 9.17) is 15.8 Å². The van der Waals surface area contributed by atoms with Crippen molar-refractivity contribution in [1.29, 1.82) is 5.26 Å². The Labute approximate surface area is 123 Å². The molecule has 7 nitrogen and oxygen atoms in total. The standard InChI is InChI=1S/C14H19N5O2/c1-9(2)12-5-10(6-13(17-12)18-16)14(20)19-3-4-21-11(7-15)8-19/h5-6,9,11H,3-4,8,16H2,1-2H3,(H,17,18). The summed E-state index contributed by atoms with van der Waals surface area (Å²) in [5.41, 5.74) is 3.79. The van der Waals surface area contributed by atoms with Crippen LogP contribution >= 0.6 is 0 Å². The fourth-order valence-corrected chi connectivity index (χ4v) is 2.14. The third-order valence-corrected chi connectivity index (χ3v) is 3.33. The second-order valence-corrected chi connectivity index (χ2v) is 5.20. The molecule has 21 heavy (non-hydrogen) atoms. The van der Waals surface area contributed by atoms with Gasteiger partial charge in [0.25, 0.3) is 5.91 Å². The van der Waals surface area contributed by atoms with Crippen LogP contribution in [0.5, 0.6) is 0 Å². The minimum absolute atomic E-state index is 0.139. The van der Waals surface area contributed by atoms with Gasteiger partial charge in [0.05, 0.1) is 19.2 Å². The van der Waals surface area contributed by atoms with E-state index in [2.05, 4.69) is 10.4 Å². The van der Waals surface area contributed by atoms with E-state index >= 15 is 0 Å². The van der Waals surface area contributed by atoms with Gasteiger partial charge >= 0.3 is 0 Å². The SMILES string of the molecule is CC(C)c1cc(C(=O)N2CCOC(C#N)C2)cc(NN)n1. The Morgan fingerprint density at radius 3 is 3.00 bits per heavy atom. The molecule has 0 bridgehead atoms. The molecule has 1 fully saturated rings. The topological polar surface area (TPSA) is 104 Å². The van der Waals surface area contributed by atoms with Crippen LogP contribution in [0.15, 0.2) is 12.1 Å². The number of amides is 1. The third kappa shape index (κ3) is 3.48. The van der Waals surface area contributed by atoms with Gasteiger partial charge in [-0.15, -0.1) is 0 Å². The second-order valence-electron chi connectivity index (χ2n) is 5.20. The van der Waals surface area contributed by atoms with Crippen molar-refractivity contribution in [3.05, 3.63) is 23.4 Å². The summed E-state index contributed by atoms with van der Waals surface area (Å²) < 4.78 is 5.25. The number of ether oxygens (including phenoxy) is 1. The fourth-order valence-electron chi connectivity index (χ4n) is 2.14. The molecule has 0 aliphatic carbocycles. The number of pyridine rings is 1. The van der Waals surface area contributed by atoms with Crippen molar-refractivity contribution in [2.75, 3.05) is 25.1 Å². The first kappa shape index (κ1) is 15.2. The molecule has 2 heterocycles. The molecule has 1 amide bonds. The highest BCUT2D eigenvalue weighted by atomic mass is 16.5. The summed E-state index contributed by atoms with van der Waals surface area (Å²) in [6.45, 7) is 5.12. The van der Waals surface area contributed by atoms with Crippen LogP contribution in [-0.4, -0.2) is 41.6 Å². The summed E-state index contributed by atoms with van der Waals surface area (Å²) in [6.07, 6.45) is -0.568. The Morgan fingerprint density at radius 1 is 1.62 bits per heavy atom. The summed E-state index contributed by atoms with van der Waals surface area (Å²) in [6, 6.07) is 5.42. The average molecular weight is 289 g/mol. The van der Waals surface area contributed by atoms with Crippen molar-refractivity contribution < 1.29 is 9.53 Å². The van der Waals surface area contributed by atoms with Gasteiger partial charge in [-0.05, 0) is 18.1 Å². The number of morpholine rings is 1. The minimum Gasteiger partial charge on any atom is -0.360 e. The number of hydrazine groups is 1. The van der Waals surface area contributed by atoms with Crippen molar-refractivity contribution in [3.8, 4) is 6.07 Å². The summed E-state index contributed by atoms with van der Waals surface area (Å²) >= 11 is 0. The van der Waals surface area contributed by atoms with Gasteiger partial charge in [0, 0.05) is 17.8 Å². The Balaban J connectivity index is 2.26. The van der Waals surface area contributed by atoms with Crippen LogP contribution < -0.4 is 11.3 Å².